The minimum Gasteiger partial charge on any atom is -0.489 e. The molecular formula is C14H18Cl2O. The molecule has 1 fully saturated rings. The zero-order valence-corrected chi connectivity index (χ0v) is 12.0. The summed E-state index contributed by atoms with van der Waals surface area (Å²) in [6.07, 6.45) is 2.15. The van der Waals surface area contributed by atoms with Crippen LogP contribution in [0.15, 0.2) is 18.2 Å². The molecule has 0 radical (unpaired) electrons. The van der Waals surface area contributed by atoms with E-state index in [0.29, 0.717) is 5.02 Å². The van der Waals surface area contributed by atoms with Gasteiger partial charge >= 0.3 is 0 Å². The molecular weight excluding hydrogens is 255 g/mol. The molecule has 3 atom stereocenters. The first kappa shape index (κ1) is 13.0. The Labute approximate surface area is 113 Å². The van der Waals surface area contributed by atoms with Crippen molar-refractivity contribution in [1.82, 2.24) is 0 Å². The lowest BCUT2D eigenvalue weighted by Crippen LogP contribution is -2.55. The molecule has 1 aromatic rings. The fourth-order valence-electron chi connectivity index (χ4n) is 2.25. The number of aryl methyl sites for hydroxylation is 1. The quantitative estimate of drug-likeness (QED) is 0.717. The van der Waals surface area contributed by atoms with Crippen LogP contribution < -0.4 is 4.74 Å². The maximum absolute atomic E-state index is 6.28. The Bertz CT molecular complexity index is 419. The zero-order chi connectivity index (χ0) is 12.6. The molecule has 1 saturated carbocycles. The molecule has 0 N–H and O–H groups in total. The Hall–Kier alpha value is -0.400. The highest BCUT2D eigenvalue weighted by atomic mass is 35.5. The molecule has 1 aliphatic carbocycles. The van der Waals surface area contributed by atoms with E-state index in [9.17, 15) is 0 Å². The van der Waals surface area contributed by atoms with Gasteiger partial charge in [0.25, 0.3) is 0 Å². The molecule has 0 amide bonds. The highest BCUT2D eigenvalue weighted by molar-refractivity contribution is 6.30. The summed E-state index contributed by atoms with van der Waals surface area (Å²) in [4.78, 5) is 0. The smallest absolute Gasteiger partial charge is 0.124 e. The van der Waals surface area contributed by atoms with Gasteiger partial charge in [-0.25, -0.2) is 0 Å². The largest absolute Gasteiger partial charge is 0.489 e. The summed E-state index contributed by atoms with van der Waals surface area (Å²) in [6.45, 7) is 6.39. The Morgan fingerprint density at radius 3 is 2.76 bits per heavy atom. The van der Waals surface area contributed by atoms with E-state index in [4.69, 9.17) is 27.9 Å². The lowest BCUT2D eigenvalue weighted by atomic mass is 9.65. The van der Waals surface area contributed by atoms with Crippen molar-refractivity contribution in [2.75, 3.05) is 0 Å². The standard InChI is InChI=1S/C14H18Cl2O/c1-4-14(3)12(16)8-13(14)17-11-7-10(15)6-5-9(11)2/h5-7,12-13H,4,8H2,1-3H3. The van der Waals surface area contributed by atoms with Gasteiger partial charge in [0.15, 0.2) is 0 Å². The van der Waals surface area contributed by atoms with E-state index in [-0.39, 0.29) is 16.9 Å². The van der Waals surface area contributed by atoms with Crippen molar-refractivity contribution in [3.8, 4) is 5.75 Å². The normalized spacial score (nSPS) is 32.1. The van der Waals surface area contributed by atoms with E-state index < -0.39 is 0 Å². The van der Waals surface area contributed by atoms with Gasteiger partial charge in [0, 0.05) is 22.2 Å². The predicted molar refractivity (Wildman–Crippen MR) is 73.3 cm³/mol. The lowest BCUT2D eigenvalue weighted by molar-refractivity contribution is -0.0298. The van der Waals surface area contributed by atoms with E-state index >= 15 is 0 Å². The van der Waals surface area contributed by atoms with Gasteiger partial charge in [0.1, 0.15) is 11.9 Å². The number of alkyl halides is 1. The fraction of sp³-hybridized carbons (Fsp3) is 0.571. The van der Waals surface area contributed by atoms with Crippen molar-refractivity contribution in [1.29, 1.82) is 0 Å². The zero-order valence-electron chi connectivity index (χ0n) is 10.5. The second-order valence-electron chi connectivity index (χ2n) is 5.08. The van der Waals surface area contributed by atoms with Gasteiger partial charge in [-0.2, -0.15) is 0 Å². The van der Waals surface area contributed by atoms with Crippen LogP contribution in [0.5, 0.6) is 5.75 Å². The molecule has 2 rings (SSSR count). The maximum Gasteiger partial charge on any atom is 0.124 e. The minimum absolute atomic E-state index is 0.0797. The maximum atomic E-state index is 6.28. The topological polar surface area (TPSA) is 9.23 Å². The highest BCUT2D eigenvalue weighted by Gasteiger charge is 2.51. The Morgan fingerprint density at radius 1 is 1.47 bits per heavy atom. The molecule has 3 unspecified atom stereocenters. The van der Waals surface area contributed by atoms with Gasteiger partial charge in [0.05, 0.1) is 0 Å². The first-order chi connectivity index (χ1) is 7.97. The van der Waals surface area contributed by atoms with Crippen LogP contribution >= 0.6 is 23.2 Å². The van der Waals surface area contributed by atoms with Gasteiger partial charge in [0.2, 0.25) is 0 Å². The average molecular weight is 273 g/mol. The summed E-state index contributed by atoms with van der Waals surface area (Å²) in [6, 6.07) is 5.75. The molecule has 1 aliphatic rings. The van der Waals surface area contributed by atoms with Crippen LogP contribution in [0.3, 0.4) is 0 Å². The molecule has 0 spiro atoms. The second-order valence-corrected chi connectivity index (χ2v) is 6.04. The second kappa shape index (κ2) is 4.70. The number of hydrogen-bond acceptors (Lipinski definition) is 1. The Kier molecular flexibility index (Phi) is 3.61. The summed E-state index contributed by atoms with van der Waals surface area (Å²) in [7, 11) is 0. The molecule has 0 aliphatic heterocycles. The van der Waals surface area contributed by atoms with Gasteiger partial charge in [-0.15, -0.1) is 11.6 Å². The third-order valence-electron chi connectivity index (χ3n) is 4.05. The van der Waals surface area contributed by atoms with E-state index in [0.717, 1.165) is 24.2 Å². The molecule has 3 heteroatoms. The first-order valence-corrected chi connectivity index (χ1v) is 6.85. The minimum atomic E-state index is 0.0797. The van der Waals surface area contributed by atoms with Crippen molar-refractivity contribution in [3.05, 3.63) is 28.8 Å². The molecule has 94 valence electrons. The van der Waals surface area contributed by atoms with Gasteiger partial charge in [-0.1, -0.05) is 31.5 Å². The molecule has 1 aromatic carbocycles. The third kappa shape index (κ3) is 2.28. The van der Waals surface area contributed by atoms with Crippen LogP contribution in [0.2, 0.25) is 5.02 Å². The van der Waals surface area contributed by atoms with Crippen LogP contribution in [0, 0.1) is 12.3 Å². The molecule has 1 nitrogen and oxygen atoms in total. The SMILES string of the molecule is CCC1(C)C(Cl)CC1Oc1cc(Cl)ccc1C. The van der Waals surface area contributed by atoms with Crippen LogP contribution in [0.1, 0.15) is 32.3 Å². The van der Waals surface area contributed by atoms with Gasteiger partial charge in [-0.05, 0) is 31.0 Å². The number of halogens is 2. The summed E-state index contributed by atoms with van der Waals surface area (Å²) in [5.74, 6) is 0.880. The van der Waals surface area contributed by atoms with E-state index in [1.54, 1.807) is 0 Å². The fourth-order valence-corrected chi connectivity index (χ4v) is 2.87. The monoisotopic (exact) mass is 272 g/mol. The number of benzene rings is 1. The van der Waals surface area contributed by atoms with Crippen LogP contribution in [-0.2, 0) is 0 Å². The molecule has 17 heavy (non-hydrogen) atoms. The van der Waals surface area contributed by atoms with Crippen molar-refractivity contribution < 1.29 is 4.74 Å². The van der Waals surface area contributed by atoms with E-state index in [2.05, 4.69) is 13.8 Å². The van der Waals surface area contributed by atoms with Crippen LogP contribution in [0.25, 0.3) is 0 Å². The molecule has 0 bridgehead atoms. The van der Waals surface area contributed by atoms with E-state index in [1.165, 1.54) is 0 Å². The van der Waals surface area contributed by atoms with Crippen molar-refractivity contribution in [2.24, 2.45) is 5.41 Å². The van der Waals surface area contributed by atoms with E-state index in [1.807, 2.05) is 25.1 Å². The summed E-state index contributed by atoms with van der Waals surface area (Å²) >= 11 is 12.3. The summed E-state index contributed by atoms with van der Waals surface area (Å²) in [5, 5.41) is 0.933. The number of hydrogen-bond donors (Lipinski definition) is 0. The summed E-state index contributed by atoms with van der Waals surface area (Å²) in [5.41, 5.74) is 1.20. The van der Waals surface area contributed by atoms with Gasteiger partial charge < -0.3 is 4.74 Å². The Morgan fingerprint density at radius 2 is 2.18 bits per heavy atom. The lowest BCUT2D eigenvalue weighted by Gasteiger charge is -2.50. The van der Waals surface area contributed by atoms with Crippen molar-refractivity contribution in [2.45, 2.75) is 45.1 Å². The summed E-state index contributed by atoms with van der Waals surface area (Å²) < 4.78 is 6.07. The third-order valence-corrected chi connectivity index (χ3v) is 4.97. The first-order valence-electron chi connectivity index (χ1n) is 6.04. The molecule has 0 saturated heterocycles. The number of rotatable bonds is 3. The predicted octanol–water partition coefficient (Wildman–Crippen LogP) is 4.82. The average Bonchev–Trinajstić information content (AvgIpc) is 2.32. The van der Waals surface area contributed by atoms with Crippen LogP contribution in [-0.4, -0.2) is 11.5 Å². The van der Waals surface area contributed by atoms with Crippen LogP contribution in [0.4, 0.5) is 0 Å². The number of ether oxygens (including phenoxy) is 1. The van der Waals surface area contributed by atoms with Crippen molar-refractivity contribution >= 4 is 23.2 Å². The van der Waals surface area contributed by atoms with Crippen molar-refractivity contribution in [3.63, 3.8) is 0 Å². The Balaban J connectivity index is 2.14. The molecule has 0 aromatic heterocycles. The molecule has 0 heterocycles. The van der Waals surface area contributed by atoms with Gasteiger partial charge in [-0.3, -0.25) is 0 Å². The highest BCUT2D eigenvalue weighted by Crippen LogP contribution is 2.49.